The molecule has 0 unspecified atom stereocenters. The van der Waals surface area contributed by atoms with Crippen LogP contribution in [0.3, 0.4) is 0 Å². The third-order valence-corrected chi connectivity index (χ3v) is 4.17. The number of aromatic nitrogens is 4. The van der Waals surface area contributed by atoms with Gasteiger partial charge >= 0.3 is 0 Å². The molecule has 0 aliphatic rings. The average Bonchev–Trinajstić information content (AvgIpc) is 3.27. The fourth-order valence-corrected chi connectivity index (χ4v) is 2.64. The Bertz CT molecular complexity index is 664. The molecule has 9 heteroatoms. The van der Waals surface area contributed by atoms with Gasteiger partial charge in [0.2, 0.25) is 0 Å². The zero-order chi connectivity index (χ0) is 18.1. The summed E-state index contributed by atoms with van der Waals surface area (Å²) in [5.74, 6) is 2.83. The van der Waals surface area contributed by atoms with E-state index in [1.165, 1.54) is 0 Å². The minimum absolute atomic E-state index is 0. The summed E-state index contributed by atoms with van der Waals surface area (Å²) in [7, 11) is 0. The Morgan fingerprint density at radius 3 is 2.65 bits per heavy atom. The molecule has 0 amide bonds. The van der Waals surface area contributed by atoms with Crippen LogP contribution in [0.2, 0.25) is 0 Å². The zero-order valence-electron chi connectivity index (χ0n) is 16.0. The van der Waals surface area contributed by atoms with Gasteiger partial charge < -0.3 is 19.7 Å². The first-order chi connectivity index (χ1) is 12.2. The van der Waals surface area contributed by atoms with Gasteiger partial charge in [0, 0.05) is 25.1 Å². The smallest absolute Gasteiger partial charge is 0.192 e. The molecule has 0 saturated carbocycles. The molecule has 26 heavy (non-hydrogen) atoms. The Labute approximate surface area is 172 Å². The van der Waals surface area contributed by atoms with Gasteiger partial charge in [0.15, 0.2) is 17.5 Å². The zero-order valence-corrected chi connectivity index (χ0v) is 18.4. The van der Waals surface area contributed by atoms with E-state index in [1.54, 1.807) is 6.33 Å². The number of nitrogens with one attached hydrogen (secondary N) is 2. The van der Waals surface area contributed by atoms with Crippen LogP contribution in [0.1, 0.15) is 63.7 Å². The maximum Gasteiger partial charge on any atom is 0.192 e. The molecular formula is C17H30IN7O. The maximum absolute atomic E-state index is 5.44. The van der Waals surface area contributed by atoms with Crippen molar-refractivity contribution in [1.29, 1.82) is 0 Å². The molecule has 8 nitrogen and oxygen atoms in total. The molecule has 0 atom stereocenters. The number of hydrogen-bond acceptors (Lipinski definition) is 5. The van der Waals surface area contributed by atoms with Crippen molar-refractivity contribution in [3.05, 3.63) is 29.7 Å². The van der Waals surface area contributed by atoms with E-state index in [0.29, 0.717) is 25.0 Å². The summed E-state index contributed by atoms with van der Waals surface area (Å²) >= 11 is 0. The molecule has 2 aromatic rings. The summed E-state index contributed by atoms with van der Waals surface area (Å²) in [6.07, 6.45) is 3.86. The quantitative estimate of drug-likeness (QED) is 0.329. The van der Waals surface area contributed by atoms with E-state index in [4.69, 9.17) is 4.52 Å². The van der Waals surface area contributed by atoms with Gasteiger partial charge in [0.25, 0.3) is 0 Å². The lowest BCUT2D eigenvalue weighted by Gasteiger charge is -2.10. The lowest BCUT2D eigenvalue weighted by atomic mass is 9.99. The molecule has 0 radical (unpaired) electrons. The van der Waals surface area contributed by atoms with Gasteiger partial charge in [-0.1, -0.05) is 19.0 Å². The van der Waals surface area contributed by atoms with Gasteiger partial charge in [0.1, 0.15) is 12.9 Å². The normalized spacial score (nSPS) is 11.5. The third kappa shape index (κ3) is 6.26. The summed E-state index contributed by atoms with van der Waals surface area (Å²) in [4.78, 5) is 4.56. The molecule has 2 heterocycles. The van der Waals surface area contributed by atoms with Crippen molar-refractivity contribution in [1.82, 2.24) is 30.6 Å². The molecule has 146 valence electrons. The molecule has 0 aromatic carbocycles. The first kappa shape index (κ1) is 22.4. The fraction of sp³-hybridized carbons (Fsp3) is 0.647. The van der Waals surface area contributed by atoms with Crippen LogP contribution in [0.4, 0.5) is 0 Å². The van der Waals surface area contributed by atoms with E-state index in [-0.39, 0.29) is 24.0 Å². The standard InChI is InChI=1S/C17H29N7O.HI/c1-5-13(6-2)15-9-14(25-23-15)10-19-17(18-7-3)20-11-16-22-21-12-24(16)8-4;/h9,12-13H,5-8,10-11H2,1-4H3,(H2,18,19,20);1H. The minimum Gasteiger partial charge on any atom is -0.359 e. The maximum atomic E-state index is 5.44. The van der Waals surface area contributed by atoms with Crippen molar-refractivity contribution in [2.45, 2.75) is 66.1 Å². The van der Waals surface area contributed by atoms with Crippen LogP contribution in [-0.4, -0.2) is 32.4 Å². The van der Waals surface area contributed by atoms with Gasteiger partial charge in [-0.15, -0.1) is 34.2 Å². The summed E-state index contributed by atoms with van der Waals surface area (Å²) < 4.78 is 7.42. The Morgan fingerprint density at radius 2 is 2.00 bits per heavy atom. The number of aliphatic imine (C=N–C) groups is 1. The second-order valence-electron chi connectivity index (χ2n) is 5.81. The van der Waals surface area contributed by atoms with Crippen LogP contribution in [0.25, 0.3) is 0 Å². The molecule has 0 fully saturated rings. The SMILES string of the molecule is CCNC(=NCc1nncn1CC)NCc1cc(C(CC)CC)no1.I. The topological polar surface area (TPSA) is 93.2 Å². The number of aryl methyl sites for hydroxylation is 1. The largest absolute Gasteiger partial charge is 0.359 e. The number of guanidine groups is 1. The van der Waals surface area contributed by atoms with Crippen molar-refractivity contribution in [2.24, 2.45) is 4.99 Å². The molecule has 2 N–H and O–H groups in total. The first-order valence-corrected chi connectivity index (χ1v) is 9.06. The molecule has 2 aromatic heterocycles. The van der Waals surface area contributed by atoms with Gasteiger partial charge in [-0.25, -0.2) is 4.99 Å². The van der Waals surface area contributed by atoms with Crippen molar-refractivity contribution in [2.75, 3.05) is 6.54 Å². The summed E-state index contributed by atoms with van der Waals surface area (Å²) in [6.45, 7) is 11.1. The van der Waals surface area contributed by atoms with Gasteiger partial charge in [-0.3, -0.25) is 0 Å². The van der Waals surface area contributed by atoms with Gasteiger partial charge in [-0.05, 0) is 26.7 Å². The van der Waals surface area contributed by atoms with E-state index in [0.717, 1.165) is 43.2 Å². The average molecular weight is 475 g/mol. The molecule has 0 aliphatic heterocycles. The fourth-order valence-electron chi connectivity index (χ4n) is 2.64. The Morgan fingerprint density at radius 1 is 1.23 bits per heavy atom. The molecular weight excluding hydrogens is 445 g/mol. The highest BCUT2D eigenvalue weighted by Crippen LogP contribution is 2.22. The van der Waals surface area contributed by atoms with Crippen molar-refractivity contribution < 1.29 is 4.52 Å². The monoisotopic (exact) mass is 475 g/mol. The second kappa shape index (κ2) is 11.9. The summed E-state index contributed by atoms with van der Waals surface area (Å²) in [6, 6.07) is 2.03. The first-order valence-electron chi connectivity index (χ1n) is 9.06. The van der Waals surface area contributed by atoms with E-state index in [2.05, 4.69) is 51.8 Å². The number of rotatable bonds is 9. The highest BCUT2D eigenvalue weighted by molar-refractivity contribution is 14.0. The summed E-state index contributed by atoms with van der Waals surface area (Å²) in [5, 5.41) is 18.7. The number of nitrogens with zero attached hydrogens (tertiary/aromatic N) is 5. The van der Waals surface area contributed by atoms with Crippen LogP contribution in [0.15, 0.2) is 21.9 Å². The van der Waals surface area contributed by atoms with E-state index in [1.807, 2.05) is 17.6 Å². The Kier molecular flexibility index (Phi) is 10.2. The number of halogens is 1. The Hall–Kier alpha value is -1.65. The highest BCUT2D eigenvalue weighted by Gasteiger charge is 2.13. The van der Waals surface area contributed by atoms with Crippen LogP contribution in [0, 0.1) is 0 Å². The van der Waals surface area contributed by atoms with Crippen LogP contribution in [-0.2, 0) is 19.6 Å². The molecule has 0 spiro atoms. The van der Waals surface area contributed by atoms with Crippen LogP contribution in [0.5, 0.6) is 0 Å². The second-order valence-corrected chi connectivity index (χ2v) is 5.81. The lowest BCUT2D eigenvalue weighted by molar-refractivity contribution is 0.368. The number of hydrogen-bond donors (Lipinski definition) is 2. The molecule has 2 rings (SSSR count). The highest BCUT2D eigenvalue weighted by atomic mass is 127. The van der Waals surface area contributed by atoms with Crippen molar-refractivity contribution >= 4 is 29.9 Å². The molecule has 0 bridgehead atoms. The molecule has 0 saturated heterocycles. The predicted octanol–water partition coefficient (Wildman–Crippen LogP) is 3.06. The third-order valence-electron chi connectivity index (χ3n) is 4.17. The van der Waals surface area contributed by atoms with Gasteiger partial charge in [0.05, 0.1) is 12.2 Å². The van der Waals surface area contributed by atoms with Crippen molar-refractivity contribution in [3.63, 3.8) is 0 Å². The van der Waals surface area contributed by atoms with Gasteiger partial charge in [-0.2, -0.15) is 0 Å². The van der Waals surface area contributed by atoms with E-state index < -0.39 is 0 Å². The minimum atomic E-state index is 0. The summed E-state index contributed by atoms with van der Waals surface area (Å²) in [5.41, 5.74) is 1.03. The Balaban J connectivity index is 0.00000338. The van der Waals surface area contributed by atoms with Crippen LogP contribution < -0.4 is 10.6 Å². The predicted molar refractivity (Wildman–Crippen MR) is 113 cm³/mol. The van der Waals surface area contributed by atoms with Crippen molar-refractivity contribution in [3.8, 4) is 0 Å². The van der Waals surface area contributed by atoms with E-state index >= 15 is 0 Å². The lowest BCUT2D eigenvalue weighted by Crippen LogP contribution is -2.36. The molecule has 0 aliphatic carbocycles. The van der Waals surface area contributed by atoms with Crippen LogP contribution >= 0.6 is 24.0 Å². The van der Waals surface area contributed by atoms with E-state index in [9.17, 15) is 0 Å².